The van der Waals surface area contributed by atoms with Gasteiger partial charge in [0.25, 0.3) is 0 Å². The minimum absolute atomic E-state index is 0.0958. The Bertz CT molecular complexity index is 980. The Labute approximate surface area is 169 Å². The van der Waals surface area contributed by atoms with E-state index in [4.69, 9.17) is 4.74 Å². The van der Waals surface area contributed by atoms with E-state index < -0.39 is 0 Å². The van der Waals surface area contributed by atoms with Gasteiger partial charge in [-0.3, -0.25) is 0 Å². The number of likely N-dealkylation sites (tertiary alicyclic amines) is 1. The summed E-state index contributed by atoms with van der Waals surface area (Å²) in [5.41, 5.74) is 2.30. The van der Waals surface area contributed by atoms with Crippen molar-refractivity contribution < 1.29 is 9.13 Å². The SMILES string of the molecule is CC(C)c1cnn2c(NCc3ccccc3F)nc(OC3CCN(C)CC3)nc12. The van der Waals surface area contributed by atoms with E-state index in [-0.39, 0.29) is 17.8 Å². The lowest BCUT2D eigenvalue weighted by Gasteiger charge is -2.28. The second-order valence-electron chi connectivity index (χ2n) is 7.89. The van der Waals surface area contributed by atoms with Crippen molar-refractivity contribution in [1.29, 1.82) is 0 Å². The molecule has 3 heterocycles. The van der Waals surface area contributed by atoms with Gasteiger partial charge in [-0.25, -0.2) is 4.39 Å². The molecule has 0 spiro atoms. The lowest BCUT2D eigenvalue weighted by atomic mass is 10.1. The van der Waals surface area contributed by atoms with E-state index in [0.29, 0.717) is 29.7 Å². The molecule has 1 saturated heterocycles. The molecule has 0 amide bonds. The van der Waals surface area contributed by atoms with Crippen molar-refractivity contribution in [2.75, 3.05) is 25.5 Å². The molecule has 0 bridgehead atoms. The van der Waals surface area contributed by atoms with Gasteiger partial charge in [0.2, 0.25) is 5.95 Å². The molecule has 4 rings (SSSR count). The fourth-order valence-electron chi connectivity index (χ4n) is 3.52. The van der Waals surface area contributed by atoms with Crippen LogP contribution in [-0.4, -0.2) is 50.7 Å². The van der Waals surface area contributed by atoms with Crippen LogP contribution in [0.5, 0.6) is 6.01 Å². The van der Waals surface area contributed by atoms with Crippen molar-refractivity contribution in [3.63, 3.8) is 0 Å². The number of nitrogens with one attached hydrogen (secondary N) is 1. The summed E-state index contributed by atoms with van der Waals surface area (Å²) >= 11 is 0. The van der Waals surface area contributed by atoms with Gasteiger partial charge < -0.3 is 15.0 Å². The minimum atomic E-state index is -0.253. The van der Waals surface area contributed by atoms with E-state index in [1.165, 1.54) is 6.07 Å². The fraction of sp³-hybridized carbons (Fsp3) is 0.476. The number of ether oxygens (including phenoxy) is 1. The van der Waals surface area contributed by atoms with Gasteiger partial charge in [0.15, 0.2) is 5.65 Å². The van der Waals surface area contributed by atoms with Crippen molar-refractivity contribution in [3.05, 3.63) is 47.4 Å². The van der Waals surface area contributed by atoms with E-state index >= 15 is 0 Å². The van der Waals surface area contributed by atoms with Crippen LogP contribution in [0.25, 0.3) is 5.65 Å². The highest BCUT2D eigenvalue weighted by atomic mass is 19.1. The smallest absolute Gasteiger partial charge is 0.322 e. The topological polar surface area (TPSA) is 67.6 Å². The number of halogens is 1. The van der Waals surface area contributed by atoms with E-state index in [0.717, 1.165) is 31.5 Å². The van der Waals surface area contributed by atoms with E-state index in [9.17, 15) is 4.39 Å². The Hall–Kier alpha value is -2.74. The summed E-state index contributed by atoms with van der Waals surface area (Å²) in [7, 11) is 2.12. The van der Waals surface area contributed by atoms with Gasteiger partial charge in [-0.1, -0.05) is 32.0 Å². The molecule has 0 saturated carbocycles. The summed E-state index contributed by atoms with van der Waals surface area (Å²) in [6, 6.07) is 7.03. The van der Waals surface area contributed by atoms with Crippen LogP contribution in [0, 0.1) is 5.82 Å². The molecule has 1 aliphatic rings. The van der Waals surface area contributed by atoms with Crippen LogP contribution in [0.15, 0.2) is 30.5 Å². The maximum Gasteiger partial charge on any atom is 0.322 e. The fourth-order valence-corrected chi connectivity index (χ4v) is 3.52. The monoisotopic (exact) mass is 398 g/mol. The van der Waals surface area contributed by atoms with Gasteiger partial charge in [0, 0.05) is 30.8 Å². The predicted octanol–water partition coefficient (Wildman–Crippen LogP) is 3.47. The third kappa shape index (κ3) is 4.32. The lowest BCUT2D eigenvalue weighted by molar-refractivity contribution is 0.105. The third-order valence-electron chi connectivity index (χ3n) is 5.33. The maximum absolute atomic E-state index is 14.0. The molecule has 3 aromatic rings. The Morgan fingerprint density at radius 2 is 1.97 bits per heavy atom. The third-order valence-corrected chi connectivity index (χ3v) is 5.33. The number of benzene rings is 1. The zero-order chi connectivity index (χ0) is 20.4. The molecular formula is C21H27FN6O. The van der Waals surface area contributed by atoms with E-state index in [1.807, 2.05) is 12.3 Å². The zero-order valence-corrected chi connectivity index (χ0v) is 17.1. The van der Waals surface area contributed by atoms with Crippen LogP contribution >= 0.6 is 0 Å². The van der Waals surface area contributed by atoms with Crippen molar-refractivity contribution >= 4 is 11.6 Å². The largest absolute Gasteiger partial charge is 0.460 e. The molecule has 0 atom stereocenters. The lowest BCUT2D eigenvalue weighted by Crippen LogP contribution is -2.36. The average molecular weight is 398 g/mol. The quantitative estimate of drug-likeness (QED) is 0.686. The van der Waals surface area contributed by atoms with Crippen molar-refractivity contribution in [3.8, 4) is 6.01 Å². The predicted molar refractivity (Wildman–Crippen MR) is 110 cm³/mol. The molecular weight excluding hydrogens is 371 g/mol. The first-order chi connectivity index (χ1) is 14.0. The van der Waals surface area contributed by atoms with Gasteiger partial charge in [0.1, 0.15) is 11.9 Å². The molecule has 0 radical (unpaired) electrons. The first-order valence-corrected chi connectivity index (χ1v) is 10.1. The zero-order valence-electron chi connectivity index (χ0n) is 17.1. The van der Waals surface area contributed by atoms with Crippen LogP contribution in [-0.2, 0) is 6.54 Å². The molecule has 1 aromatic carbocycles. The first kappa shape index (κ1) is 19.6. The molecule has 154 valence electrons. The Morgan fingerprint density at radius 3 is 2.69 bits per heavy atom. The molecule has 1 aliphatic heterocycles. The summed E-state index contributed by atoms with van der Waals surface area (Å²) in [6.45, 7) is 6.49. The summed E-state index contributed by atoms with van der Waals surface area (Å²) < 4.78 is 21.8. The number of piperidine rings is 1. The second-order valence-corrected chi connectivity index (χ2v) is 7.89. The minimum Gasteiger partial charge on any atom is -0.460 e. The molecule has 1 N–H and O–H groups in total. The number of rotatable bonds is 6. The molecule has 0 unspecified atom stereocenters. The van der Waals surface area contributed by atoms with Crippen molar-refractivity contribution in [2.45, 2.75) is 45.3 Å². The second kappa shape index (κ2) is 8.32. The van der Waals surface area contributed by atoms with Crippen molar-refractivity contribution in [2.24, 2.45) is 0 Å². The number of fused-ring (bicyclic) bond motifs is 1. The van der Waals surface area contributed by atoms with E-state index in [1.54, 1.807) is 16.6 Å². The molecule has 2 aromatic heterocycles. The average Bonchev–Trinajstić information content (AvgIpc) is 3.13. The number of anilines is 1. The molecule has 1 fully saturated rings. The highest BCUT2D eigenvalue weighted by molar-refractivity contribution is 5.53. The molecule has 8 heteroatoms. The Kier molecular flexibility index (Phi) is 5.62. The highest BCUT2D eigenvalue weighted by Crippen LogP contribution is 2.24. The normalized spacial score (nSPS) is 15.9. The summed E-state index contributed by atoms with van der Waals surface area (Å²) in [5, 5.41) is 7.65. The number of nitrogens with zero attached hydrogens (tertiary/aromatic N) is 5. The van der Waals surface area contributed by atoms with Gasteiger partial charge >= 0.3 is 6.01 Å². The number of hydrogen-bond donors (Lipinski definition) is 1. The Balaban J connectivity index is 1.63. The summed E-state index contributed by atoms with van der Waals surface area (Å²) in [4.78, 5) is 11.5. The molecule has 29 heavy (non-hydrogen) atoms. The van der Waals surface area contributed by atoms with Gasteiger partial charge in [-0.2, -0.15) is 19.6 Å². The summed E-state index contributed by atoms with van der Waals surface area (Å²) in [5.74, 6) is 0.502. The number of hydrogen-bond acceptors (Lipinski definition) is 6. The van der Waals surface area contributed by atoms with Gasteiger partial charge in [0.05, 0.1) is 6.20 Å². The summed E-state index contributed by atoms with van der Waals surface area (Å²) in [6.07, 6.45) is 3.79. The molecule has 0 aliphatic carbocycles. The highest BCUT2D eigenvalue weighted by Gasteiger charge is 2.21. The number of aromatic nitrogens is 4. The maximum atomic E-state index is 14.0. The van der Waals surface area contributed by atoms with Crippen LogP contribution in [0.1, 0.15) is 43.7 Å². The van der Waals surface area contributed by atoms with Crippen LogP contribution in [0.3, 0.4) is 0 Å². The van der Waals surface area contributed by atoms with Gasteiger partial charge in [-0.15, -0.1) is 0 Å². The Morgan fingerprint density at radius 1 is 1.21 bits per heavy atom. The van der Waals surface area contributed by atoms with Crippen LogP contribution < -0.4 is 10.1 Å². The first-order valence-electron chi connectivity index (χ1n) is 10.1. The standard InChI is InChI=1S/C21H27FN6O/c1-14(2)17-13-24-28-19(17)25-21(29-16-8-10-27(3)11-9-16)26-20(28)23-12-15-6-4-5-7-18(15)22/h4-7,13-14,16H,8-12H2,1-3H3,(H,23,25,26). The van der Waals surface area contributed by atoms with Crippen LogP contribution in [0.4, 0.5) is 10.3 Å². The van der Waals surface area contributed by atoms with E-state index in [2.05, 4.69) is 46.2 Å². The van der Waals surface area contributed by atoms with Crippen molar-refractivity contribution in [1.82, 2.24) is 24.5 Å². The molecule has 7 nitrogen and oxygen atoms in total. The van der Waals surface area contributed by atoms with Crippen LogP contribution in [0.2, 0.25) is 0 Å². The van der Waals surface area contributed by atoms with Gasteiger partial charge in [-0.05, 0) is 31.9 Å².